The number of nitrogens with one attached hydrogen (secondary N) is 2. The van der Waals surface area contributed by atoms with E-state index in [0.717, 1.165) is 18.4 Å². The van der Waals surface area contributed by atoms with Gasteiger partial charge in [0, 0.05) is 18.2 Å². The first-order valence-corrected chi connectivity index (χ1v) is 8.16. The molecule has 0 saturated carbocycles. The number of aryl methyl sites for hydroxylation is 1. The third kappa shape index (κ3) is 5.45. The molecule has 2 rings (SSSR count). The van der Waals surface area contributed by atoms with Crippen LogP contribution < -0.4 is 16.6 Å². The standard InChI is InChI=1S/C19H25N3O2/c1-14(21-13-18(23)16-5-3-2-4-6-16)7-8-15-9-11-17(12-10-15)19(24)22-20/h2-6,9-12,14,18,21,23H,7-8,13,20H2,1H3,(H,22,24). The number of hydrazine groups is 1. The summed E-state index contributed by atoms with van der Waals surface area (Å²) in [6.07, 6.45) is 1.35. The Morgan fingerprint density at radius 2 is 1.79 bits per heavy atom. The van der Waals surface area contributed by atoms with Crippen LogP contribution in [0.1, 0.15) is 40.9 Å². The topological polar surface area (TPSA) is 87.4 Å². The SMILES string of the molecule is CC(CCc1ccc(C(=O)NN)cc1)NCC(O)c1ccccc1. The molecule has 128 valence electrons. The first-order valence-electron chi connectivity index (χ1n) is 8.16. The van der Waals surface area contributed by atoms with E-state index in [9.17, 15) is 9.90 Å². The summed E-state index contributed by atoms with van der Waals surface area (Å²) in [7, 11) is 0. The summed E-state index contributed by atoms with van der Waals surface area (Å²) in [5.41, 5.74) is 4.76. The number of amides is 1. The average molecular weight is 327 g/mol. The minimum absolute atomic E-state index is 0.286. The molecule has 1 amide bonds. The number of nitrogens with two attached hydrogens (primary N) is 1. The molecule has 2 atom stereocenters. The predicted molar refractivity (Wildman–Crippen MR) is 95.3 cm³/mol. The van der Waals surface area contributed by atoms with Gasteiger partial charge in [-0.2, -0.15) is 0 Å². The molecular weight excluding hydrogens is 302 g/mol. The lowest BCUT2D eigenvalue weighted by Gasteiger charge is -2.17. The van der Waals surface area contributed by atoms with Gasteiger partial charge in [-0.3, -0.25) is 10.2 Å². The van der Waals surface area contributed by atoms with Gasteiger partial charge in [0.15, 0.2) is 0 Å². The lowest BCUT2D eigenvalue weighted by atomic mass is 10.0. The summed E-state index contributed by atoms with van der Waals surface area (Å²) in [6, 6.07) is 17.4. The van der Waals surface area contributed by atoms with Crippen LogP contribution in [0.3, 0.4) is 0 Å². The van der Waals surface area contributed by atoms with E-state index in [1.807, 2.05) is 42.5 Å². The molecule has 0 fully saturated rings. The van der Waals surface area contributed by atoms with Gasteiger partial charge < -0.3 is 10.4 Å². The summed E-state index contributed by atoms with van der Waals surface area (Å²) in [6.45, 7) is 2.63. The van der Waals surface area contributed by atoms with E-state index in [0.29, 0.717) is 12.1 Å². The van der Waals surface area contributed by atoms with Crippen molar-refractivity contribution in [3.05, 3.63) is 71.3 Å². The summed E-state index contributed by atoms with van der Waals surface area (Å²) >= 11 is 0. The van der Waals surface area contributed by atoms with E-state index < -0.39 is 6.10 Å². The smallest absolute Gasteiger partial charge is 0.265 e. The molecule has 5 heteroatoms. The van der Waals surface area contributed by atoms with E-state index in [-0.39, 0.29) is 11.9 Å². The van der Waals surface area contributed by atoms with Gasteiger partial charge in [-0.1, -0.05) is 42.5 Å². The Bertz CT molecular complexity index is 629. The van der Waals surface area contributed by atoms with Crippen molar-refractivity contribution in [1.82, 2.24) is 10.7 Å². The molecule has 2 aromatic rings. The number of carbonyl (C=O) groups excluding carboxylic acids is 1. The van der Waals surface area contributed by atoms with Crippen molar-refractivity contribution in [1.29, 1.82) is 0 Å². The lowest BCUT2D eigenvalue weighted by Crippen LogP contribution is -2.31. The zero-order valence-electron chi connectivity index (χ0n) is 13.9. The normalized spacial score (nSPS) is 13.3. The minimum Gasteiger partial charge on any atom is -0.387 e. The Morgan fingerprint density at radius 1 is 1.12 bits per heavy atom. The maximum atomic E-state index is 11.4. The Kier molecular flexibility index (Phi) is 6.93. The quantitative estimate of drug-likeness (QED) is 0.339. The third-order valence-electron chi connectivity index (χ3n) is 4.06. The summed E-state index contributed by atoms with van der Waals surface area (Å²) < 4.78 is 0. The van der Waals surface area contributed by atoms with E-state index in [1.54, 1.807) is 12.1 Å². The molecule has 2 aromatic carbocycles. The molecule has 24 heavy (non-hydrogen) atoms. The van der Waals surface area contributed by atoms with Crippen molar-refractivity contribution in [3.63, 3.8) is 0 Å². The number of carbonyl (C=O) groups is 1. The van der Waals surface area contributed by atoms with Crippen molar-refractivity contribution in [3.8, 4) is 0 Å². The van der Waals surface area contributed by atoms with Gasteiger partial charge in [-0.15, -0.1) is 0 Å². The van der Waals surface area contributed by atoms with Crippen molar-refractivity contribution in [2.75, 3.05) is 6.54 Å². The van der Waals surface area contributed by atoms with Gasteiger partial charge in [-0.05, 0) is 43.0 Å². The minimum atomic E-state index is -0.497. The van der Waals surface area contributed by atoms with Gasteiger partial charge in [0.25, 0.3) is 5.91 Å². The molecule has 0 aliphatic carbocycles. The van der Waals surface area contributed by atoms with E-state index >= 15 is 0 Å². The highest BCUT2D eigenvalue weighted by Gasteiger charge is 2.09. The molecule has 0 saturated heterocycles. The molecule has 0 aliphatic heterocycles. The third-order valence-corrected chi connectivity index (χ3v) is 4.06. The summed E-state index contributed by atoms with van der Waals surface area (Å²) in [5.74, 6) is 4.83. The maximum Gasteiger partial charge on any atom is 0.265 e. The average Bonchev–Trinajstić information content (AvgIpc) is 2.64. The van der Waals surface area contributed by atoms with E-state index in [1.165, 1.54) is 5.56 Å². The van der Waals surface area contributed by atoms with Crippen LogP contribution in [0, 0.1) is 0 Å². The van der Waals surface area contributed by atoms with Gasteiger partial charge in [-0.25, -0.2) is 5.84 Å². The van der Waals surface area contributed by atoms with Gasteiger partial charge >= 0.3 is 0 Å². The highest BCUT2D eigenvalue weighted by atomic mass is 16.3. The number of rotatable bonds is 8. The first kappa shape index (κ1) is 18.1. The second-order valence-corrected chi connectivity index (χ2v) is 5.94. The van der Waals surface area contributed by atoms with Crippen LogP contribution in [-0.2, 0) is 6.42 Å². The van der Waals surface area contributed by atoms with Crippen LogP contribution in [0.25, 0.3) is 0 Å². The number of aliphatic hydroxyl groups is 1. The Balaban J connectivity index is 1.75. The first-order chi connectivity index (χ1) is 11.6. The fourth-order valence-electron chi connectivity index (χ4n) is 2.50. The monoisotopic (exact) mass is 327 g/mol. The van der Waals surface area contributed by atoms with Crippen molar-refractivity contribution in [2.45, 2.75) is 31.9 Å². The summed E-state index contributed by atoms with van der Waals surface area (Å²) in [4.78, 5) is 11.4. The maximum absolute atomic E-state index is 11.4. The molecule has 0 heterocycles. The highest BCUT2D eigenvalue weighted by Crippen LogP contribution is 2.12. The molecule has 0 radical (unpaired) electrons. The van der Waals surface area contributed by atoms with Crippen molar-refractivity contribution in [2.24, 2.45) is 5.84 Å². The number of benzene rings is 2. The Morgan fingerprint density at radius 3 is 2.42 bits per heavy atom. The van der Waals surface area contributed by atoms with Crippen molar-refractivity contribution >= 4 is 5.91 Å². The number of nitrogen functional groups attached to an aromatic ring is 1. The molecule has 0 aliphatic rings. The van der Waals surface area contributed by atoms with Crippen LogP contribution in [0.5, 0.6) is 0 Å². The number of hydrogen-bond donors (Lipinski definition) is 4. The largest absolute Gasteiger partial charge is 0.387 e. The van der Waals surface area contributed by atoms with Crippen LogP contribution in [-0.4, -0.2) is 23.6 Å². The molecule has 5 nitrogen and oxygen atoms in total. The second kappa shape index (κ2) is 9.17. The van der Waals surface area contributed by atoms with Crippen LogP contribution >= 0.6 is 0 Å². The second-order valence-electron chi connectivity index (χ2n) is 5.94. The van der Waals surface area contributed by atoms with Crippen LogP contribution in [0.2, 0.25) is 0 Å². The van der Waals surface area contributed by atoms with Crippen LogP contribution in [0.4, 0.5) is 0 Å². The molecular formula is C19H25N3O2. The van der Waals surface area contributed by atoms with E-state index in [4.69, 9.17) is 5.84 Å². The summed E-state index contributed by atoms with van der Waals surface area (Å²) in [5, 5.41) is 13.5. The fraction of sp³-hybridized carbons (Fsp3) is 0.316. The lowest BCUT2D eigenvalue weighted by molar-refractivity contribution is 0.0953. The van der Waals surface area contributed by atoms with Gasteiger partial charge in [0.05, 0.1) is 6.10 Å². The number of hydrogen-bond acceptors (Lipinski definition) is 4. The zero-order chi connectivity index (χ0) is 17.4. The zero-order valence-corrected chi connectivity index (χ0v) is 13.9. The highest BCUT2D eigenvalue weighted by molar-refractivity contribution is 5.93. The number of aliphatic hydroxyl groups excluding tert-OH is 1. The molecule has 0 spiro atoms. The predicted octanol–water partition coefficient (Wildman–Crippen LogP) is 1.93. The van der Waals surface area contributed by atoms with E-state index in [2.05, 4.69) is 17.7 Å². The fourth-order valence-corrected chi connectivity index (χ4v) is 2.50. The van der Waals surface area contributed by atoms with Crippen LogP contribution in [0.15, 0.2) is 54.6 Å². The Labute approximate surface area is 142 Å². The molecule has 5 N–H and O–H groups in total. The van der Waals surface area contributed by atoms with Gasteiger partial charge in [0.2, 0.25) is 0 Å². The molecule has 2 unspecified atom stereocenters. The molecule has 0 aromatic heterocycles. The van der Waals surface area contributed by atoms with Gasteiger partial charge in [0.1, 0.15) is 0 Å². The Hall–Kier alpha value is -2.21. The van der Waals surface area contributed by atoms with Crippen molar-refractivity contribution < 1.29 is 9.90 Å². The molecule has 0 bridgehead atoms.